The van der Waals surface area contributed by atoms with Crippen molar-refractivity contribution < 1.29 is 27.4 Å². The van der Waals surface area contributed by atoms with Crippen molar-refractivity contribution in [2.45, 2.75) is 11.5 Å². The Bertz CT molecular complexity index is 887. The molecule has 1 N–H and O–H groups in total. The van der Waals surface area contributed by atoms with Gasteiger partial charge in [-0.15, -0.1) is 0 Å². The summed E-state index contributed by atoms with van der Waals surface area (Å²) in [6.45, 7) is 0.266. The highest BCUT2D eigenvalue weighted by Crippen LogP contribution is 2.25. The van der Waals surface area contributed by atoms with Gasteiger partial charge in [-0.3, -0.25) is 0 Å². The van der Waals surface area contributed by atoms with E-state index < -0.39 is 16.0 Å². The maximum atomic E-state index is 12.5. The second-order valence-corrected chi connectivity index (χ2v) is 7.44. The number of carbonyl (C=O) groups excluding carboxylic acids is 1. The average molecular weight is 415 g/mol. The van der Waals surface area contributed by atoms with Gasteiger partial charge >= 0.3 is 5.97 Å². The first-order chi connectivity index (χ1) is 12.9. The van der Waals surface area contributed by atoms with Gasteiger partial charge in [0, 0.05) is 25.4 Å². The Kier molecular flexibility index (Phi) is 7.55. The molecule has 0 saturated carbocycles. The normalized spacial score (nSPS) is 11.2. The number of methoxy groups -OCH3 is 2. The predicted octanol–water partition coefficient (Wildman–Crippen LogP) is 2.03. The fourth-order valence-corrected chi connectivity index (χ4v) is 3.41. The smallest absolute Gasteiger partial charge is 0.338 e. The van der Waals surface area contributed by atoms with Crippen LogP contribution in [0.15, 0.2) is 41.4 Å². The van der Waals surface area contributed by atoms with Gasteiger partial charge in [0.15, 0.2) is 0 Å². The van der Waals surface area contributed by atoms with Gasteiger partial charge in [-0.1, -0.05) is 17.7 Å². The highest BCUT2D eigenvalue weighted by Gasteiger charge is 2.22. The maximum absolute atomic E-state index is 12.5. The largest absolute Gasteiger partial charge is 0.495 e. The van der Waals surface area contributed by atoms with Crippen LogP contribution in [0.2, 0.25) is 5.15 Å². The molecule has 1 aromatic carbocycles. The third-order valence-corrected chi connectivity index (χ3v) is 5.15. The molecular weight excluding hydrogens is 396 g/mol. The lowest BCUT2D eigenvalue weighted by Gasteiger charge is -2.12. The minimum Gasteiger partial charge on any atom is -0.495 e. The van der Waals surface area contributed by atoms with E-state index in [-0.39, 0.29) is 36.0 Å². The van der Waals surface area contributed by atoms with Crippen LogP contribution in [0.25, 0.3) is 0 Å². The van der Waals surface area contributed by atoms with E-state index in [1.807, 2.05) is 0 Å². The Hall–Kier alpha value is -2.20. The molecule has 0 atom stereocenters. The topological polar surface area (TPSA) is 104 Å². The van der Waals surface area contributed by atoms with Gasteiger partial charge in [-0.05, 0) is 24.3 Å². The monoisotopic (exact) mass is 414 g/mol. The number of benzene rings is 1. The molecule has 27 heavy (non-hydrogen) atoms. The van der Waals surface area contributed by atoms with E-state index in [9.17, 15) is 13.2 Å². The summed E-state index contributed by atoms with van der Waals surface area (Å²) < 4.78 is 42.4. The van der Waals surface area contributed by atoms with E-state index in [2.05, 4.69) is 9.71 Å². The van der Waals surface area contributed by atoms with Crippen LogP contribution in [0, 0.1) is 0 Å². The summed E-state index contributed by atoms with van der Waals surface area (Å²) in [5.74, 6) is -0.570. The SMILES string of the molecule is COCCNS(=O)(=O)c1cc(C(=O)OCc2ccc(Cl)nc2)ccc1OC. The van der Waals surface area contributed by atoms with Gasteiger partial charge in [0.05, 0.1) is 19.3 Å². The Labute approximate surface area is 162 Å². The van der Waals surface area contributed by atoms with Gasteiger partial charge in [0.2, 0.25) is 10.0 Å². The summed E-state index contributed by atoms with van der Waals surface area (Å²) in [6.07, 6.45) is 1.49. The van der Waals surface area contributed by atoms with Crippen molar-refractivity contribution in [3.8, 4) is 5.75 Å². The number of carbonyl (C=O) groups is 1. The lowest BCUT2D eigenvalue weighted by Crippen LogP contribution is -2.27. The number of sulfonamides is 1. The molecule has 0 aliphatic heterocycles. The van der Waals surface area contributed by atoms with E-state index in [4.69, 9.17) is 25.8 Å². The third-order valence-electron chi connectivity index (χ3n) is 3.45. The molecule has 0 aliphatic rings. The lowest BCUT2D eigenvalue weighted by atomic mass is 10.2. The standard InChI is InChI=1S/C17H19ClN2O6S/c1-24-8-7-20-27(22,23)15-9-13(4-5-14(15)25-2)17(21)26-11-12-3-6-16(18)19-10-12/h3-6,9-10,20H,7-8,11H2,1-2H3. The summed E-state index contributed by atoms with van der Waals surface area (Å²) in [5.41, 5.74) is 0.722. The molecule has 2 aromatic rings. The minimum atomic E-state index is -3.89. The molecule has 10 heteroatoms. The van der Waals surface area contributed by atoms with Crippen LogP contribution < -0.4 is 9.46 Å². The fourth-order valence-electron chi connectivity index (χ4n) is 2.09. The Morgan fingerprint density at radius 1 is 1.22 bits per heavy atom. The van der Waals surface area contributed by atoms with E-state index in [1.165, 1.54) is 38.6 Å². The van der Waals surface area contributed by atoms with Crippen molar-refractivity contribution in [2.75, 3.05) is 27.4 Å². The van der Waals surface area contributed by atoms with Crippen LogP contribution in [0.4, 0.5) is 0 Å². The quantitative estimate of drug-likeness (QED) is 0.380. The van der Waals surface area contributed by atoms with Crippen LogP contribution in [0.1, 0.15) is 15.9 Å². The zero-order chi connectivity index (χ0) is 19.9. The van der Waals surface area contributed by atoms with Gasteiger partial charge in [-0.25, -0.2) is 22.9 Å². The molecule has 2 rings (SSSR count). The molecule has 0 unspecified atom stereocenters. The van der Waals surface area contributed by atoms with Crippen molar-refractivity contribution in [3.05, 3.63) is 52.8 Å². The molecule has 0 amide bonds. The highest BCUT2D eigenvalue weighted by atomic mass is 35.5. The number of nitrogens with zero attached hydrogens (tertiary/aromatic N) is 1. The van der Waals surface area contributed by atoms with Crippen molar-refractivity contribution in [2.24, 2.45) is 0 Å². The number of halogens is 1. The second kappa shape index (κ2) is 9.65. The average Bonchev–Trinajstić information content (AvgIpc) is 2.67. The molecule has 0 fully saturated rings. The summed E-state index contributed by atoms with van der Waals surface area (Å²) in [5, 5.41) is 0.330. The van der Waals surface area contributed by atoms with Crippen LogP contribution in [0.5, 0.6) is 5.75 Å². The Balaban J connectivity index is 2.17. The number of ether oxygens (including phenoxy) is 3. The predicted molar refractivity (Wildman–Crippen MR) is 98.4 cm³/mol. The van der Waals surface area contributed by atoms with Crippen molar-refractivity contribution in [1.82, 2.24) is 9.71 Å². The number of aromatic nitrogens is 1. The first kappa shape index (κ1) is 21.1. The van der Waals surface area contributed by atoms with E-state index in [0.717, 1.165) is 0 Å². The summed E-state index contributed by atoms with van der Waals surface area (Å²) in [7, 11) is -1.09. The fraction of sp³-hybridized carbons (Fsp3) is 0.294. The number of esters is 1. The molecular formula is C17H19ClN2O6S. The second-order valence-electron chi connectivity index (χ2n) is 5.32. The van der Waals surface area contributed by atoms with Crippen LogP contribution in [-0.4, -0.2) is 46.7 Å². The first-order valence-corrected chi connectivity index (χ1v) is 9.67. The number of nitrogens with one attached hydrogen (secondary N) is 1. The molecule has 1 aromatic heterocycles. The molecule has 146 valence electrons. The van der Waals surface area contributed by atoms with Crippen molar-refractivity contribution in [1.29, 1.82) is 0 Å². The number of hydrogen-bond acceptors (Lipinski definition) is 7. The third kappa shape index (κ3) is 5.90. The van der Waals surface area contributed by atoms with Gasteiger partial charge in [-0.2, -0.15) is 0 Å². The van der Waals surface area contributed by atoms with E-state index in [1.54, 1.807) is 12.1 Å². The molecule has 1 heterocycles. The maximum Gasteiger partial charge on any atom is 0.338 e. The first-order valence-electron chi connectivity index (χ1n) is 7.81. The molecule has 0 radical (unpaired) electrons. The number of pyridine rings is 1. The van der Waals surface area contributed by atoms with Crippen LogP contribution in [-0.2, 0) is 26.1 Å². The van der Waals surface area contributed by atoms with Crippen molar-refractivity contribution >= 4 is 27.6 Å². The minimum absolute atomic E-state index is 0.0246. The lowest BCUT2D eigenvalue weighted by molar-refractivity contribution is 0.0472. The summed E-state index contributed by atoms with van der Waals surface area (Å²) >= 11 is 5.70. The van der Waals surface area contributed by atoms with Crippen molar-refractivity contribution in [3.63, 3.8) is 0 Å². The zero-order valence-corrected chi connectivity index (χ0v) is 16.3. The summed E-state index contributed by atoms with van der Waals surface area (Å²) in [4.78, 5) is 16.0. The van der Waals surface area contributed by atoms with Crippen LogP contribution >= 0.6 is 11.6 Å². The molecule has 0 bridgehead atoms. The van der Waals surface area contributed by atoms with E-state index in [0.29, 0.717) is 10.7 Å². The molecule has 0 aliphatic carbocycles. The Morgan fingerprint density at radius 2 is 2.00 bits per heavy atom. The van der Waals surface area contributed by atoms with Crippen LogP contribution in [0.3, 0.4) is 0 Å². The summed E-state index contributed by atoms with van der Waals surface area (Å²) in [6, 6.07) is 7.28. The molecule has 0 saturated heterocycles. The number of rotatable bonds is 9. The van der Waals surface area contributed by atoms with Gasteiger partial charge in [0.1, 0.15) is 22.4 Å². The van der Waals surface area contributed by atoms with E-state index >= 15 is 0 Å². The zero-order valence-electron chi connectivity index (χ0n) is 14.8. The highest BCUT2D eigenvalue weighted by molar-refractivity contribution is 7.89. The Morgan fingerprint density at radius 3 is 2.63 bits per heavy atom. The van der Waals surface area contributed by atoms with Gasteiger partial charge < -0.3 is 14.2 Å². The molecule has 0 spiro atoms. The number of hydrogen-bond donors (Lipinski definition) is 1. The molecule has 8 nitrogen and oxygen atoms in total. The van der Waals surface area contributed by atoms with Gasteiger partial charge in [0.25, 0.3) is 0 Å².